The molecule has 0 spiro atoms. The summed E-state index contributed by atoms with van der Waals surface area (Å²) in [5, 5.41) is 12.2. The largest absolute Gasteiger partial charge is 0.454 e. The average molecular weight is 796 g/mol. The maximum atomic E-state index is 13.5. The van der Waals surface area contributed by atoms with Crippen LogP contribution in [-0.2, 0) is 14.3 Å². The van der Waals surface area contributed by atoms with Crippen molar-refractivity contribution in [3.8, 4) is 11.3 Å². The Kier molecular flexibility index (Phi) is 8.24. The number of benzene rings is 3. The van der Waals surface area contributed by atoms with Gasteiger partial charge in [0.1, 0.15) is 0 Å². The Balaban J connectivity index is 1.17. The van der Waals surface area contributed by atoms with Crippen LogP contribution in [0.4, 0.5) is 11.4 Å². The molecule has 6 unspecified atom stereocenters. The highest BCUT2D eigenvalue weighted by Crippen LogP contribution is 2.60. The van der Waals surface area contributed by atoms with Gasteiger partial charge in [0.25, 0.3) is 5.69 Å². The maximum Gasteiger partial charge on any atom is 0.339 e. The van der Waals surface area contributed by atoms with Gasteiger partial charge in [-0.1, -0.05) is 73.8 Å². The van der Waals surface area contributed by atoms with E-state index in [0.717, 1.165) is 12.5 Å². The van der Waals surface area contributed by atoms with Gasteiger partial charge < -0.3 is 4.74 Å². The number of fused-ring (bicyclic) bond motifs is 6. The predicted octanol–water partition coefficient (Wildman–Crippen LogP) is 7.40. The van der Waals surface area contributed by atoms with Crippen LogP contribution in [0.2, 0.25) is 5.02 Å². The monoisotopic (exact) mass is 793 g/mol. The Hall–Kier alpha value is -4.00. The number of carbonyl (C=O) groups is 4. The van der Waals surface area contributed by atoms with E-state index in [0.29, 0.717) is 44.0 Å². The number of nitro benzene ring substituents is 1. The number of hydrogen-bond acceptors (Lipinski definition) is 8. The number of hydrogen-bond donors (Lipinski definition) is 0. The number of anilines is 1. The summed E-state index contributed by atoms with van der Waals surface area (Å²) in [6, 6.07) is 15.8. The van der Waals surface area contributed by atoms with Crippen molar-refractivity contribution in [1.29, 1.82) is 0 Å². The number of esters is 1. The van der Waals surface area contributed by atoms with Crippen molar-refractivity contribution in [2.75, 3.05) is 11.5 Å². The topological polar surface area (TPSA) is 137 Å². The summed E-state index contributed by atoms with van der Waals surface area (Å²) in [5.74, 6) is -2.21. The lowest BCUT2D eigenvalue weighted by molar-refractivity contribution is -0.385. The number of halogens is 3. The van der Waals surface area contributed by atoms with Crippen LogP contribution in [0.25, 0.3) is 22.2 Å². The minimum atomic E-state index is -0.790. The zero-order valence-electron chi connectivity index (χ0n) is 25.5. The van der Waals surface area contributed by atoms with Crippen molar-refractivity contribution < 1.29 is 28.8 Å². The van der Waals surface area contributed by atoms with Crippen molar-refractivity contribution in [3.63, 3.8) is 0 Å². The summed E-state index contributed by atoms with van der Waals surface area (Å²) in [5.41, 5.74) is 2.96. The van der Waals surface area contributed by atoms with Crippen molar-refractivity contribution in [1.82, 2.24) is 4.98 Å². The second kappa shape index (κ2) is 12.2. The highest BCUT2D eigenvalue weighted by Gasteiger charge is 2.66. The van der Waals surface area contributed by atoms with Gasteiger partial charge in [0.05, 0.1) is 39.2 Å². The molecule has 1 aromatic heterocycles. The maximum absolute atomic E-state index is 13.5. The first-order valence-electron chi connectivity index (χ1n) is 15.2. The molecule has 1 saturated heterocycles. The number of rotatable bonds is 7. The van der Waals surface area contributed by atoms with Crippen LogP contribution in [0.3, 0.4) is 0 Å². The lowest BCUT2D eigenvalue weighted by Crippen LogP contribution is -2.37. The molecule has 2 amide bonds. The number of alkyl halides is 2. The van der Waals surface area contributed by atoms with Gasteiger partial charge in [0.15, 0.2) is 6.61 Å². The Labute approximate surface area is 296 Å². The number of Topliss-reactive ketones (excluding diaryl/α,β-unsaturated/α-hetero) is 1. The minimum Gasteiger partial charge on any atom is -0.454 e. The third-order valence-electron chi connectivity index (χ3n) is 9.86. The first-order valence-corrected chi connectivity index (χ1v) is 17.4. The molecule has 1 aliphatic heterocycles. The molecular formula is C35H26Br2ClN3O7. The van der Waals surface area contributed by atoms with Gasteiger partial charge in [-0.25, -0.2) is 9.78 Å². The van der Waals surface area contributed by atoms with E-state index < -0.39 is 23.3 Å². The summed E-state index contributed by atoms with van der Waals surface area (Å²) in [4.78, 5) is 70.5. The van der Waals surface area contributed by atoms with Crippen LogP contribution in [0.5, 0.6) is 0 Å². The van der Waals surface area contributed by atoms with E-state index in [9.17, 15) is 29.3 Å². The summed E-state index contributed by atoms with van der Waals surface area (Å²) in [7, 11) is 0. The molecule has 2 heterocycles. The van der Waals surface area contributed by atoms with Crippen LogP contribution in [0.15, 0.2) is 60.7 Å². The van der Waals surface area contributed by atoms with E-state index in [1.54, 1.807) is 56.3 Å². The van der Waals surface area contributed by atoms with Crippen molar-refractivity contribution >= 4 is 89.3 Å². The number of ether oxygens (including phenoxy) is 1. The molecule has 7 rings (SSSR count). The molecular weight excluding hydrogens is 770 g/mol. The summed E-state index contributed by atoms with van der Waals surface area (Å²) >= 11 is 13.9. The second-order valence-electron chi connectivity index (χ2n) is 12.4. The third kappa shape index (κ3) is 5.16. The van der Waals surface area contributed by atoms with Gasteiger partial charge in [0, 0.05) is 42.8 Å². The second-order valence-corrected chi connectivity index (χ2v) is 15.0. The normalized spacial score (nSPS) is 24.3. The van der Waals surface area contributed by atoms with Gasteiger partial charge in [-0.3, -0.25) is 29.4 Å². The number of nitro groups is 1. The molecule has 2 saturated carbocycles. The Morgan fingerprint density at radius 1 is 0.979 bits per heavy atom. The average Bonchev–Trinajstić information content (AvgIpc) is 3.69. The molecule has 6 atom stereocenters. The first-order chi connectivity index (χ1) is 22.9. The van der Waals surface area contributed by atoms with Gasteiger partial charge in [-0.05, 0) is 61.9 Å². The predicted molar refractivity (Wildman–Crippen MR) is 186 cm³/mol. The number of imide groups is 1. The molecule has 2 aliphatic carbocycles. The third-order valence-corrected chi connectivity index (χ3v) is 13.5. The molecule has 13 heteroatoms. The van der Waals surface area contributed by atoms with Crippen molar-refractivity contribution in [3.05, 3.63) is 98.1 Å². The van der Waals surface area contributed by atoms with Gasteiger partial charge in [0.2, 0.25) is 17.6 Å². The van der Waals surface area contributed by atoms with Crippen molar-refractivity contribution in [2.45, 2.75) is 29.9 Å². The SMILES string of the molecule is Cc1ccc(C(=O)COC(=O)c2cc(-c3ccc(N4C(=O)C5C6CC(C(Br)C6Br)C5C4=O)cc3)nc3c(C)c(Cl)ccc23)cc1[N+](=O)[O-]. The molecule has 3 aromatic carbocycles. The van der Waals surface area contributed by atoms with Gasteiger partial charge in [-0.2, -0.15) is 0 Å². The fourth-order valence-corrected chi connectivity index (χ4v) is 9.40. The van der Waals surface area contributed by atoms with E-state index in [1.165, 1.54) is 17.0 Å². The number of amides is 2. The van der Waals surface area contributed by atoms with Crippen molar-refractivity contribution in [2.24, 2.45) is 23.7 Å². The number of nitrogens with zero attached hydrogens (tertiary/aromatic N) is 3. The van der Waals surface area contributed by atoms with Crippen LogP contribution >= 0.6 is 43.5 Å². The number of ketones is 1. The molecule has 48 heavy (non-hydrogen) atoms. The van der Waals surface area contributed by atoms with E-state index in [4.69, 9.17) is 21.3 Å². The number of aryl methyl sites for hydroxylation is 2. The summed E-state index contributed by atoms with van der Waals surface area (Å²) in [6.45, 7) is 2.71. The van der Waals surface area contributed by atoms with Crippen LogP contribution in [-0.4, -0.2) is 49.7 Å². The minimum absolute atomic E-state index is 0.0494. The molecule has 244 valence electrons. The number of pyridine rings is 1. The fourth-order valence-electron chi connectivity index (χ4n) is 7.38. The highest BCUT2D eigenvalue weighted by atomic mass is 79.9. The number of carbonyl (C=O) groups excluding carboxylic acids is 4. The smallest absolute Gasteiger partial charge is 0.339 e. The van der Waals surface area contributed by atoms with E-state index in [2.05, 4.69) is 31.9 Å². The fraction of sp³-hybridized carbons (Fsp3) is 0.286. The standard InChI is InChI=1S/C35H26Br2ClN3O7/c1-15-3-4-18(11-26(15)41(46)47)27(42)14-48-35(45)21-13-25(39-32-16(2)24(38)10-9-20(21)32)17-5-7-19(8-6-17)40-33(43)28-22-12-23(29(28)34(40)44)31(37)30(22)36/h3-11,13,22-23,28-31H,12,14H2,1-2H3. The van der Waals surface area contributed by atoms with E-state index in [-0.39, 0.29) is 62.0 Å². The molecule has 3 aliphatic rings. The van der Waals surface area contributed by atoms with Gasteiger partial charge >= 0.3 is 5.97 Å². The Morgan fingerprint density at radius 2 is 1.62 bits per heavy atom. The lowest BCUT2D eigenvalue weighted by atomic mass is 9.81. The Bertz CT molecular complexity index is 2060. The summed E-state index contributed by atoms with van der Waals surface area (Å²) < 4.78 is 5.42. The zero-order chi connectivity index (χ0) is 34.2. The van der Waals surface area contributed by atoms with E-state index in [1.807, 2.05) is 0 Å². The van der Waals surface area contributed by atoms with E-state index >= 15 is 0 Å². The number of aromatic nitrogens is 1. The van der Waals surface area contributed by atoms with Crippen LogP contribution < -0.4 is 4.90 Å². The molecule has 4 aromatic rings. The van der Waals surface area contributed by atoms with Crippen LogP contribution in [0, 0.1) is 47.6 Å². The molecule has 0 radical (unpaired) electrons. The first kappa shape index (κ1) is 32.5. The zero-order valence-corrected chi connectivity index (χ0v) is 29.4. The molecule has 0 N–H and O–H groups in total. The van der Waals surface area contributed by atoms with Crippen LogP contribution in [0.1, 0.15) is 38.3 Å². The van der Waals surface area contributed by atoms with Gasteiger partial charge in [-0.15, -0.1) is 0 Å². The highest BCUT2D eigenvalue weighted by molar-refractivity contribution is 9.12. The molecule has 10 nitrogen and oxygen atoms in total. The lowest BCUT2D eigenvalue weighted by Gasteiger charge is -2.28. The summed E-state index contributed by atoms with van der Waals surface area (Å²) in [6.07, 6.45) is 0.843. The molecule has 2 bridgehead atoms. The molecule has 3 fully saturated rings. The quantitative estimate of drug-likeness (QED) is 0.0472. The Morgan fingerprint density at radius 3 is 2.25 bits per heavy atom.